The summed E-state index contributed by atoms with van der Waals surface area (Å²) in [4.78, 5) is 14.9. The molecule has 30 heavy (non-hydrogen) atoms. The molecule has 0 radical (unpaired) electrons. The highest BCUT2D eigenvalue weighted by Crippen LogP contribution is 2.24. The third-order valence-electron chi connectivity index (χ3n) is 5.98. The van der Waals surface area contributed by atoms with Crippen LogP contribution >= 0.6 is 0 Å². The minimum absolute atomic E-state index is 0.199. The fraction of sp³-hybridized carbons (Fsp3) is 0.455. The van der Waals surface area contributed by atoms with Crippen LogP contribution in [0.2, 0.25) is 0 Å². The normalized spacial score (nSPS) is 16.8. The third kappa shape index (κ3) is 4.43. The van der Waals surface area contributed by atoms with Crippen LogP contribution in [0, 0.1) is 13.8 Å². The van der Waals surface area contributed by atoms with Gasteiger partial charge in [-0.1, -0.05) is 35.5 Å². The van der Waals surface area contributed by atoms with Crippen LogP contribution in [-0.4, -0.2) is 48.2 Å². The number of benzene rings is 1. The smallest absolute Gasteiger partial charge is 0.273 e. The van der Waals surface area contributed by atoms with Gasteiger partial charge in [0.15, 0.2) is 5.69 Å². The van der Waals surface area contributed by atoms with Crippen LogP contribution in [0.3, 0.4) is 0 Å². The zero-order valence-corrected chi connectivity index (χ0v) is 17.9. The Morgan fingerprint density at radius 3 is 2.77 bits per heavy atom. The number of nitrogens with one attached hydrogen (secondary N) is 1. The van der Waals surface area contributed by atoms with Crippen molar-refractivity contribution in [1.29, 1.82) is 0 Å². The van der Waals surface area contributed by atoms with Crippen molar-refractivity contribution in [2.45, 2.75) is 52.4 Å². The third-order valence-corrected chi connectivity index (χ3v) is 5.98. The Bertz CT molecular complexity index is 1010. The van der Waals surface area contributed by atoms with E-state index in [1.807, 2.05) is 42.1 Å². The summed E-state index contributed by atoms with van der Waals surface area (Å²) in [5.74, 6) is -0.199. The lowest BCUT2D eigenvalue weighted by atomic mass is 10.1. The first-order chi connectivity index (χ1) is 14.5. The van der Waals surface area contributed by atoms with Crippen molar-refractivity contribution in [3.63, 3.8) is 0 Å². The van der Waals surface area contributed by atoms with E-state index in [4.69, 9.17) is 0 Å². The van der Waals surface area contributed by atoms with Crippen molar-refractivity contribution >= 4 is 5.91 Å². The molecule has 0 unspecified atom stereocenters. The molecule has 0 spiro atoms. The maximum Gasteiger partial charge on any atom is 0.273 e. The van der Waals surface area contributed by atoms with Gasteiger partial charge in [0.05, 0.1) is 18.4 Å². The van der Waals surface area contributed by atoms with Crippen LogP contribution in [-0.2, 0) is 26.7 Å². The standard InChI is InChI=1S/C22H29N7O/c1-16-20(17(2)27(3)25-16)14-28-11-7-10-19(28)13-29-15-21(24-26-29)22(30)23-12-18-8-5-4-6-9-18/h4-6,8-9,15,19H,7,10-14H2,1-3H3,(H,23,30)/t19-/m0/s1. The van der Waals surface area contributed by atoms with E-state index in [9.17, 15) is 4.79 Å². The van der Waals surface area contributed by atoms with Gasteiger partial charge >= 0.3 is 0 Å². The second-order valence-corrected chi connectivity index (χ2v) is 8.03. The molecule has 158 valence electrons. The molecule has 1 fully saturated rings. The molecule has 0 bridgehead atoms. The average molecular weight is 408 g/mol. The van der Waals surface area contributed by atoms with E-state index < -0.39 is 0 Å². The summed E-state index contributed by atoms with van der Waals surface area (Å²) in [6, 6.07) is 10.2. The fourth-order valence-electron chi connectivity index (χ4n) is 4.14. The molecule has 3 heterocycles. The largest absolute Gasteiger partial charge is 0.347 e. The van der Waals surface area contributed by atoms with E-state index in [0.29, 0.717) is 18.3 Å². The highest BCUT2D eigenvalue weighted by molar-refractivity contribution is 5.91. The highest BCUT2D eigenvalue weighted by atomic mass is 16.2. The van der Waals surface area contributed by atoms with Crippen molar-refractivity contribution in [2.24, 2.45) is 7.05 Å². The summed E-state index contributed by atoms with van der Waals surface area (Å²) >= 11 is 0. The molecule has 0 saturated carbocycles. The van der Waals surface area contributed by atoms with Crippen molar-refractivity contribution in [1.82, 2.24) is 35.0 Å². The number of likely N-dealkylation sites (tertiary alicyclic amines) is 1. The van der Waals surface area contributed by atoms with E-state index in [0.717, 1.165) is 37.3 Å². The second kappa shape index (κ2) is 8.79. The molecule has 2 aromatic heterocycles. The van der Waals surface area contributed by atoms with Crippen LogP contribution in [0.25, 0.3) is 0 Å². The lowest BCUT2D eigenvalue weighted by molar-refractivity contribution is 0.0945. The topological polar surface area (TPSA) is 80.9 Å². The van der Waals surface area contributed by atoms with Gasteiger partial charge in [-0.25, -0.2) is 0 Å². The quantitative estimate of drug-likeness (QED) is 0.650. The van der Waals surface area contributed by atoms with Crippen LogP contribution in [0.5, 0.6) is 0 Å². The first kappa shape index (κ1) is 20.3. The Hall–Kier alpha value is -3.00. The zero-order valence-electron chi connectivity index (χ0n) is 17.9. The Labute approximate surface area is 176 Å². The SMILES string of the molecule is Cc1nn(C)c(C)c1CN1CCC[C@H]1Cn1cc(C(=O)NCc2ccccc2)nn1. The molecule has 0 aliphatic carbocycles. The number of aryl methyl sites for hydroxylation is 2. The first-order valence-corrected chi connectivity index (χ1v) is 10.5. The number of aromatic nitrogens is 5. The Morgan fingerprint density at radius 2 is 2.03 bits per heavy atom. The molecule has 1 aromatic carbocycles. The monoisotopic (exact) mass is 407 g/mol. The Kier molecular flexibility index (Phi) is 5.94. The van der Waals surface area contributed by atoms with Crippen molar-refractivity contribution in [3.8, 4) is 0 Å². The second-order valence-electron chi connectivity index (χ2n) is 8.03. The molecular formula is C22H29N7O. The van der Waals surface area contributed by atoms with E-state index in [1.54, 1.807) is 10.9 Å². The van der Waals surface area contributed by atoms with Gasteiger partial charge in [-0.2, -0.15) is 5.10 Å². The summed E-state index contributed by atoms with van der Waals surface area (Å²) < 4.78 is 3.75. The minimum Gasteiger partial charge on any atom is -0.347 e. The summed E-state index contributed by atoms with van der Waals surface area (Å²) in [7, 11) is 1.99. The fourth-order valence-corrected chi connectivity index (χ4v) is 4.14. The van der Waals surface area contributed by atoms with E-state index in [2.05, 4.69) is 39.5 Å². The Balaban J connectivity index is 1.36. The summed E-state index contributed by atoms with van der Waals surface area (Å²) in [6.07, 6.45) is 4.04. The molecule has 1 saturated heterocycles. The number of hydrogen-bond acceptors (Lipinski definition) is 5. The molecular weight excluding hydrogens is 378 g/mol. The molecule has 1 amide bonds. The minimum atomic E-state index is -0.199. The van der Waals surface area contributed by atoms with Gasteiger partial charge in [0.2, 0.25) is 0 Å². The van der Waals surface area contributed by atoms with Gasteiger partial charge in [0.25, 0.3) is 5.91 Å². The lowest BCUT2D eigenvalue weighted by Gasteiger charge is -2.24. The molecule has 1 atom stereocenters. The van der Waals surface area contributed by atoms with Crippen molar-refractivity contribution in [3.05, 3.63) is 64.7 Å². The lowest BCUT2D eigenvalue weighted by Crippen LogP contribution is -2.33. The molecule has 1 aliphatic rings. The van der Waals surface area contributed by atoms with E-state index in [1.165, 1.54) is 17.7 Å². The highest BCUT2D eigenvalue weighted by Gasteiger charge is 2.27. The first-order valence-electron chi connectivity index (χ1n) is 10.5. The number of carbonyl (C=O) groups excluding carboxylic acids is 1. The molecule has 8 nitrogen and oxygen atoms in total. The van der Waals surface area contributed by atoms with Crippen LogP contribution in [0.1, 0.15) is 45.8 Å². The van der Waals surface area contributed by atoms with Crippen molar-refractivity contribution < 1.29 is 4.79 Å². The number of hydrogen-bond donors (Lipinski definition) is 1. The Morgan fingerprint density at radius 1 is 1.23 bits per heavy atom. The zero-order chi connectivity index (χ0) is 21.1. The molecule has 1 N–H and O–H groups in total. The predicted molar refractivity (Wildman–Crippen MR) is 114 cm³/mol. The number of nitrogens with zero attached hydrogens (tertiary/aromatic N) is 6. The van der Waals surface area contributed by atoms with Gasteiger partial charge < -0.3 is 5.32 Å². The van der Waals surface area contributed by atoms with Crippen LogP contribution in [0.4, 0.5) is 0 Å². The van der Waals surface area contributed by atoms with Gasteiger partial charge in [-0.05, 0) is 38.8 Å². The summed E-state index contributed by atoms with van der Waals surface area (Å²) in [6.45, 7) is 7.38. The maximum absolute atomic E-state index is 12.4. The average Bonchev–Trinajstić information content (AvgIpc) is 3.45. The van der Waals surface area contributed by atoms with E-state index in [-0.39, 0.29) is 5.91 Å². The van der Waals surface area contributed by atoms with Crippen molar-refractivity contribution in [2.75, 3.05) is 6.54 Å². The number of amides is 1. The predicted octanol–water partition coefficient (Wildman–Crippen LogP) is 2.22. The van der Waals surface area contributed by atoms with Gasteiger partial charge in [-0.15, -0.1) is 5.10 Å². The summed E-state index contributed by atoms with van der Waals surface area (Å²) in [5, 5.41) is 15.7. The van der Waals surface area contributed by atoms with Crippen LogP contribution < -0.4 is 5.32 Å². The number of rotatable bonds is 7. The maximum atomic E-state index is 12.4. The number of carbonyl (C=O) groups is 1. The van der Waals surface area contributed by atoms with Gasteiger partial charge in [0.1, 0.15) is 0 Å². The summed E-state index contributed by atoms with van der Waals surface area (Å²) in [5.41, 5.74) is 5.04. The molecule has 1 aliphatic heterocycles. The van der Waals surface area contributed by atoms with Gasteiger partial charge in [0, 0.05) is 37.4 Å². The molecule has 8 heteroatoms. The van der Waals surface area contributed by atoms with Gasteiger partial charge in [-0.3, -0.25) is 19.1 Å². The molecule has 4 rings (SSSR count). The molecule has 3 aromatic rings. The van der Waals surface area contributed by atoms with E-state index >= 15 is 0 Å². The van der Waals surface area contributed by atoms with Crippen LogP contribution in [0.15, 0.2) is 36.5 Å².